The minimum Gasteiger partial charge on any atom is -0.490 e. The fourth-order valence-electron chi connectivity index (χ4n) is 4.45. The number of benzene rings is 2. The predicted molar refractivity (Wildman–Crippen MR) is 197 cm³/mol. The topological polar surface area (TPSA) is 140 Å². The number of thiazole rings is 1. The van der Waals surface area contributed by atoms with Gasteiger partial charge in [0.2, 0.25) is 5.69 Å². The van der Waals surface area contributed by atoms with Crippen LogP contribution in [0.4, 0.5) is 16.3 Å². The lowest BCUT2D eigenvalue weighted by Gasteiger charge is -2.21. The number of nitriles is 1. The lowest BCUT2D eigenvalue weighted by molar-refractivity contribution is -0.146. The molecule has 0 spiro atoms. The average Bonchev–Trinajstić information content (AvgIpc) is 3.56. The number of halogens is 1. The highest BCUT2D eigenvalue weighted by molar-refractivity contribution is 7.98. The van der Waals surface area contributed by atoms with Crippen molar-refractivity contribution in [3.63, 3.8) is 0 Å². The number of aromatic nitrogens is 2. The molecule has 0 fully saturated rings. The molecule has 2 N–H and O–H groups in total. The Morgan fingerprint density at radius 1 is 1.10 bits per heavy atom. The molecule has 14 heteroatoms. The van der Waals surface area contributed by atoms with Crippen LogP contribution in [-0.2, 0) is 20.0 Å². The zero-order valence-electron chi connectivity index (χ0n) is 28.3. The van der Waals surface area contributed by atoms with Crippen molar-refractivity contribution in [2.45, 2.75) is 63.5 Å². The van der Waals surface area contributed by atoms with Crippen molar-refractivity contribution >= 4 is 58.3 Å². The van der Waals surface area contributed by atoms with Crippen LogP contribution in [-0.4, -0.2) is 53.4 Å². The predicted octanol–water partition coefficient (Wildman–Crippen LogP) is 8.90. The average molecular weight is 733 g/mol. The van der Waals surface area contributed by atoms with E-state index in [-0.39, 0.29) is 18.9 Å². The molecular formula is C36H37ClN6O5S2. The molecule has 2 aromatic carbocycles. The maximum absolute atomic E-state index is 12.3. The number of nitrogens with one attached hydrogen (secondary N) is 2. The van der Waals surface area contributed by atoms with Gasteiger partial charge in [-0.05, 0) is 63.9 Å². The first-order valence-corrected chi connectivity index (χ1v) is 18.0. The van der Waals surface area contributed by atoms with Crippen molar-refractivity contribution in [1.82, 2.24) is 15.3 Å². The number of nitrogens with zero attached hydrogens (tertiary/aromatic N) is 4. The van der Waals surface area contributed by atoms with Crippen LogP contribution in [0.25, 0.3) is 26.5 Å². The van der Waals surface area contributed by atoms with E-state index in [0.29, 0.717) is 50.6 Å². The fourth-order valence-corrected chi connectivity index (χ4v) is 6.39. The van der Waals surface area contributed by atoms with Crippen LogP contribution >= 0.6 is 34.7 Å². The third kappa shape index (κ3) is 10.6. The molecule has 2 heterocycles. The molecule has 0 aliphatic rings. The van der Waals surface area contributed by atoms with Crippen molar-refractivity contribution in [2.75, 3.05) is 25.1 Å². The van der Waals surface area contributed by atoms with Gasteiger partial charge in [0, 0.05) is 33.8 Å². The van der Waals surface area contributed by atoms with Crippen LogP contribution in [0, 0.1) is 17.9 Å². The highest BCUT2D eigenvalue weighted by Crippen LogP contribution is 2.43. The van der Waals surface area contributed by atoms with E-state index < -0.39 is 23.7 Å². The molecule has 0 aliphatic heterocycles. The Morgan fingerprint density at radius 2 is 1.80 bits per heavy atom. The molecule has 260 valence electrons. The van der Waals surface area contributed by atoms with Gasteiger partial charge in [-0.25, -0.2) is 24.4 Å². The summed E-state index contributed by atoms with van der Waals surface area (Å²) < 4.78 is 16.1. The number of anilines is 1. The third-order valence-electron chi connectivity index (χ3n) is 6.73. The van der Waals surface area contributed by atoms with Crippen LogP contribution in [0.15, 0.2) is 58.9 Å². The molecule has 0 saturated carbocycles. The van der Waals surface area contributed by atoms with Gasteiger partial charge in [-0.2, -0.15) is 5.26 Å². The zero-order chi connectivity index (χ0) is 36.3. The summed E-state index contributed by atoms with van der Waals surface area (Å²) in [6.07, 6.45) is 0.111. The standard InChI is InChI=1S/C36H37ClN6O5S2/c1-7-16-40-31-30(39-6)29(28(19-38)33(43-31)50-21-26-20-49-32(42-26)24-8-12-25(37)13-9-24)23-10-14-27(15-11-23)46-17-18-47-34(44)22(2)41-35(45)48-36(3,4)5/h8-15,20,22H,7,16-18,21H2,1-5H3,(H,40,43)(H,41,45)/t22-/m0/s1. The molecule has 4 rings (SSSR count). The summed E-state index contributed by atoms with van der Waals surface area (Å²) in [5.41, 5.74) is 2.80. The molecule has 0 saturated heterocycles. The summed E-state index contributed by atoms with van der Waals surface area (Å²) in [6.45, 7) is 17.3. The SMILES string of the molecule is [C-]#[N+]c1c(NCCC)nc(SCc2csc(-c3ccc(Cl)cc3)n2)c(C#N)c1-c1ccc(OCCOC(=O)[C@H](C)NC(=O)OC(C)(C)C)cc1. The molecule has 4 aromatic rings. The van der Waals surface area contributed by atoms with Crippen molar-refractivity contribution in [3.8, 4) is 33.5 Å². The van der Waals surface area contributed by atoms with E-state index in [9.17, 15) is 14.9 Å². The Balaban J connectivity index is 1.46. The lowest BCUT2D eigenvalue weighted by Crippen LogP contribution is -2.42. The quantitative estimate of drug-likeness (QED) is 0.0559. The number of carbonyl (C=O) groups excluding carboxylic acids is 2. The van der Waals surface area contributed by atoms with Crippen LogP contribution in [0.3, 0.4) is 0 Å². The van der Waals surface area contributed by atoms with Crippen molar-refractivity contribution < 1.29 is 23.8 Å². The minimum atomic E-state index is -0.899. The monoisotopic (exact) mass is 732 g/mol. The van der Waals surface area contributed by atoms with Crippen molar-refractivity contribution in [1.29, 1.82) is 5.26 Å². The van der Waals surface area contributed by atoms with Crippen LogP contribution in [0.2, 0.25) is 5.02 Å². The molecule has 2 aromatic heterocycles. The number of hydrogen-bond acceptors (Lipinski definition) is 11. The maximum Gasteiger partial charge on any atom is 0.408 e. The second-order valence-electron chi connectivity index (χ2n) is 11.9. The molecule has 0 aliphatic carbocycles. The summed E-state index contributed by atoms with van der Waals surface area (Å²) in [5, 5.41) is 20.0. The summed E-state index contributed by atoms with van der Waals surface area (Å²) in [7, 11) is 0. The second kappa shape index (κ2) is 17.7. The molecule has 1 atom stereocenters. The van der Waals surface area contributed by atoms with Gasteiger partial charge in [-0.1, -0.05) is 54.6 Å². The van der Waals surface area contributed by atoms with Gasteiger partial charge in [-0.15, -0.1) is 11.3 Å². The Morgan fingerprint density at radius 3 is 2.44 bits per heavy atom. The maximum atomic E-state index is 12.3. The molecule has 11 nitrogen and oxygen atoms in total. The highest BCUT2D eigenvalue weighted by Gasteiger charge is 2.24. The van der Waals surface area contributed by atoms with Gasteiger partial charge in [-0.3, -0.25) is 0 Å². The van der Waals surface area contributed by atoms with Gasteiger partial charge in [0.25, 0.3) is 0 Å². The smallest absolute Gasteiger partial charge is 0.408 e. The van der Waals surface area contributed by atoms with Crippen LogP contribution in [0.5, 0.6) is 5.75 Å². The van der Waals surface area contributed by atoms with Gasteiger partial charge >= 0.3 is 12.1 Å². The molecule has 50 heavy (non-hydrogen) atoms. The molecule has 0 unspecified atom stereocenters. The molecule has 1 amide bonds. The number of ether oxygens (including phenoxy) is 3. The third-order valence-corrected chi connectivity index (χ3v) is 8.93. The number of hydrogen-bond donors (Lipinski definition) is 2. The molecule has 0 radical (unpaired) electrons. The minimum absolute atomic E-state index is 0.0427. The number of thioether (sulfide) groups is 1. The Hall–Kier alpha value is -4.82. The van der Waals surface area contributed by atoms with Crippen molar-refractivity contribution in [2.24, 2.45) is 0 Å². The van der Waals surface area contributed by atoms with E-state index in [2.05, 4.69) is 21.5 Å². The van der Waals surface area contributed by atoms with E-state index in [1.54, 1.807) is 45.0 Å². The van der Waals surface area contributed by atoms with Crippen LogP contribution < -0.4 is 15.4 Å². The number of amides is 1. The van der Waals surface area contributed by atoms with Crippen LogP contribution in [0.1, 0.15) is 52.3 Å². The molecule has 0 bridgehead atoms. The van der Waals surface area contributed by atoms with Crippen molar-refractivity contribution in [3.05, 3.63) is 81.6 Å². The Kier molecular flexibility index (Phi) is 13.5. The highest BCUT2D eigenvalue weighted by atomic mass is 35.5. The number of rotatable bonds is 14. The van der Waals surface area contributed by atoms with Gasteiger partial charge < -0.3 is 24.8 Å². The number of pyridine rings is 1. The van der Waals surface area contributed by atoms with E-state index in [4.69, 9.17) is 42.4 Å². The van der Waals surface area contributed by atoms with E-state index in [1.807, 2.05) is 36.6 Å². The number of carbonyl (C=O) groups is 2. The summed E-state index contributed by atoms with van der Waals surface area (Å²) >= 11 is 8.95. The van der Waals surface area contributed by atoms with Gasteiger partial charge in [0.05, 0.1) is 17.8 Å². The second-order valence-corrected chi connectivity index (χ2v) is 14.1. The number of alkyl carbamates (subject to hydrolysis) is 1. The number of esters is 1. The van der Waals surface area contributed by atoms with E-state index in [1.165, 1.54) is 30.0 Å². The Labute approximate surface area is 305 Å². The lowest BCUT2D eigenvalue weighted by atomic mass is 9.99. The first-order valence-electron chi connectivity index (χ1n) is 15.7. The zero-order valence-corrected chi connectivity index (χ0v) is 30.7. The van der Waals surface area contributed by atoms with E-state index in [0.717, 1.165) is 22.7 Å². The summed E-state index contributed by atoms with van der Waals surface area (Å²) in [4.78, 5) is 37.5. The first kappa shape index (κ1) is 38.0. The largest absolute Gasteiger partial charge is 0.490 e. The van der Waals surface area contributed by atoms with Gasteiger partial charge in [0.15, 0.2) is 0 Å². The Bertz CT molecular complexity index is 1880. The summed E-state index contributed by atoms with van der Waals surface area (Å²) in [5.74, 6) is 0.765. The summed E-state index contributed by atoms with van der Waals surface area (Å²) in [6, 6.07) is 15.9. The van der Waals surface area contributed by atoms with E-state index >= 15 is 0 Å². The first-order chi connectivity index (χ1) is 23.9. The normalized spacial score (nSPS) is 11.5. The fraction of sp³-hybridized carbons (Fsp3) is 0.333. The van der Waals surface area contributed by atoms with Gasteiger partial charge in [0.1, 0.15) is 52.5 Å². The molecular weight excluding hydrogens is 696 g/mol.